The van der Waals surface area contributed by atoms with E-state index >= 15 is 0 Å². The van der Waals surface area contributed by atoms with Gasteiger partial charge in [-0.25, -0.2) is 4.79 Å². The van der Waals surface area contributed by atoms with Gasteiger partial charge in [0.1, 0.15) is 5.75 Å². The second kappa shape index (κ2) is 7.60. The minimum Gasteiger partial charge on any atom is -0.497 e. The monoisotopic (exact) mass is 315 g/mol. The molecule has 6 heteroatoms. The molecule has 0 aliphatic heterocycles. The Bertz CT molecular complexity index is 656. The molecule has 6 nitrogen and oxygen atoms in total. The maximum Gasteiger partial charge on any atom is 0.337 e. The van der Waals surface area contributed by atoms with Crippen molar-refractivity contribution in [1.29, 1.82) is 0 Å². The van der Waals surface area contributed by atoms with Crippen LogP contribution in [0.25, 0.3) is 0 Å². The minimum absolute atomic E-state index is 0.134. The molecule has 2 N–H and O–H groups in total. The molecule has 1 aromatic carbocycles. The summed E-state index contributed by atoms with van der Waals surface area (Å²) in [7, 11) is 5.65. The van der Waals surface area contributed by atoms with Gasteiger partial charge in [-0.1, -0.05) is 12.1 Å². The third-order valence-corrected chi connectivity index (χ3v) is 3.61. The SMILES string of the molecule is COc1ccc(C(CNc2cncc(C(=O)O)c2)N(C)C)cc1. The Hall–Kier alpha value is -2.60. The highest BCUT2D eigenvalue weighted by atomic mass is 16.5. The summed E-state index contributed by atoms with van der Waals surface area (Å²) in [6.07, 6.45) is 2.95. The number of pyridine rings is 1. The van der Waals surface area contributed by atoms with Crippen molar-refractivity contribution in [2.75, 3.05) is 33.1 Å². The maximum atomic E-state index is 11.0. The summed E-state index contributed by atoms with van der Waals surface area (Å²) in [5.74, 6) is -0.168. The van der Waals surface area contributed by atoms with E-state index in [1.807, 2.05) is 38.4 Å². The molecular formula is C17H21N3O3. The number of ether oxygens (including phenoxy) is 1. The van der Waals surface area contributed by atoms with Crippen molar-refractivity contribution in [1.82, 2.24) is 9.88 Å². The van der Waals surface area contributed by atoms with Crippen molar-refractivity contribution >= 4 is 11.7 Å². The molecule has 2 rings (SSSR count). The quantitative estimate of drug-likeness (QED) is 0.818. The van der Waals surface area contributed by atoms with Crippen LogP contribution in [0.1, 0.15) is 22.0 Å². The Morgan fingerprint density at radius 1 is 1.30 bits per heavy atom. The lowest BCUT2D eigenvalue weighted by atomic mass is 10.1. The van der Waals surface area contributed by atoms with Gasteiger partial charge in [-0.2, -0.15) is 0 Å². The fourth-order valence-electron chi connectivity index (χ4n) is 2.29. The Morgan fingerprint density at radius 3 is 2.57 bits per heavy atom. The Balaban J connectivity index is 2.10. The smallest absolute Gasteiger partial charge is 0.337 e. The number of hydrogen-bond acceptors (Lipinski definition) is 5. The zero-order valence-electron chi connectivity index (χ0n) is 13.5. The molecule has 0 saturated carbocycles. The first kappa shape index (κ1) is 16.8. The lowest BCUT2D eigenvalue weighted by molar-refractivity contribution is 0.0696. The van der Waals surface area contributed by atoms with Crippen molar-refractivity contribution in [3.05, 3.63) is 53.9 Å². The fourth-order valence-corrected chi connectivity index (χ4v) is 2.29. The second-order valence-electron chi connectivity index (χ2n) is 5.40. The van der Waals surface area contributed by atoms with Crippen LogP contribution in [0.5, 0.6) is 5.75 Å². The first-order valence-electron chi connectivity index (χ1n) is 7.24. The number of methoxy groups -OCH3 is 1. The van der Waals surface area contributed by atoms with E-state index in [0.29, 0.717) is 12.2 Å². The van der Waals surface area contributed by atoms with Gasteiger partial charge in [-0.05, 0) is 37.9 Å². The van der Waals surface area contributed by atoms with Gasteiger partial charge in [0.05, 0.1) is 24.4 Å². The van der Waals surface area contributed by atoms with E-state index in [0.717, 1.165) is 11.3 Å². The van der Waals surface area contributed by atoms with Crippen LogP contribution in [0.4, 0.5) is 5.69 Å². The molecule has 0 amide bonds. The van der Waals surface area contributed by atoms with Crippen molar-refractivity contribution < 1.29 is 14.6 Å². The number of carbonyl (C=O) groups is 1. The summed E-state index contributed by atoms with van der Waals surface area (Å²) < 4.78 is 5.18. The lowest BCUT2D eigenvalue weighted by Crippen LogP contribution is -2.26. The molecule has 0 radical (unpaired) electrons. The largest absolute Gasteiger partial charge is 0.497 e. The van der Waals surface area contributed by atoms with Crippen LogP contribution in [0.15, 0.2) is 42.7 Å². The summed E-state index contributed by atoms with van der Waals surface area (Å²) in [4.78, 5) is 17.0. The summed E-state index contributed by atoms with van der Waals surface area (Å²) in [6.45, 7) is 0.629. The molecule has 0 spiro atoms. The first-order chi connectivity index (χ1) is 11.0. The molecule has 0 bridgehead atoms. The summed E-state index contributed by atoms with van der Waals surface area (Å²) in [6, 6.07) is 9.62. The van der Waals surface area contributed by atoms with Gasteiger partial charge in [-0.3, -0.25) is 4.98 Å². The highest BCUT2D eigenvalue weighted by Gasteiger charge is 2.14. The lowest BCUT2D eigenvalue weighted by Gasteiger charge is -2.25. The number of hydrogen-bond donors (Lipinski definition) is 2. The standard InChI is InChI=1S/C17H21N3O3/c1-20(2)16(12-4-6-15(23-3)7-5-12)11-19-14-8-13(17(21)22)9-18-10-14/h4-10,16,19H,11H2,1-3H3,(H,21,22). The summed E-state index contributed by atoms with van der Waals surface area (Å²) >= 11 is 0. The molecule has 1 aromatic heterocycles. The van der Waals surface area contributed by atoms with Gasteiger partial charge in [0.25, 0.3) is 0 Å². The Labute approximate surface area is 135 Å². The van der Waals surface area contributed by atoms with Crippen LogP contribution in [0.2, 0.25) is 0 Å². The molecule has 1 unspecified atom stereocenters. The third kappa shape index (κ3) is 4.43. The highest BCUT2D eigenvalue weighted by molar-refractivity contribution is 5.88. The van der Waals surface area contributed by atoms with Crippen LogP contribution in [0, 0.1) is 0 Å². The van der Waals surface area contributed by atoms with Gasteiger partial charge in [0.2, 0.25) is 0 Å². The molecule has 0 fully saturated rings. The van der Waals surface area contributed by atoms with Crippen LogP contribution in [0.3, 0.4) is 0 Å². The van der Waals surface area contributed by atoms with Crippen LogP contribution < -0.4 is 10.1 Å². The fraction of sp³-hybridized carbons (Fsp3) is 0.294. The predicted molar refractivity (Wildman–Crippen MR) is 89.1 cm³/mol. The van der Waals surface area contributed by atoms with Gasteiger partial charge in [0.15, 0.2) is 0 Å². The van der Waals surface area contributed by atoms with Crippen LogP contribution in [-0.4, -0.2) is 48.7 Å². The number of aromatic carboxylic acids is 1. The van der Waals surface area contributed by atoms with Gasteiger partial charge in [0, 0.05) is 18.9 Å². The van der Waals surface area contributed by atoms with Gasteiger partial charge in [-0.15, -0.1) is 0 Å². The van der Waals surface area contributed by atoms with Crippen molar-refractivity contribution in [3.8, 4) is 5.75 Å². The topological polar surface area (TPSA) is 74.7 Å². The van der Waals surface area contributed by atoms with Gasteiger partial charge < -0.3 is 20.1 Å². The van der Waals surface area contributed by atoms with Crippen molar-refractivity contribution in [3.63, 3.8) is 0 Å². The second-order valence-corrected chi connectivity index (χ2v) is 5.40. The molecule has 0 aliphatic rings. The molecular weight excluding hydrogens is 294 g/mol. The molecule has 1 heterocycles. The number of benzene rings is 1. The van der Waals surface area contributed by atoms with E-state index in [1.54, 1.807) is 19.4 Å². The van der Waals surface area contributed by atoms with E-state index in [1.165, 1.54) is 6.20 Å². The molecule has 0 saturated heterocycles. The minimum atomic E-state index is -0.986. The molecule has 1 atom stereocenters. The maximum absolute atomic E-state index is 11.0. The van der Waals surface area contributed by atoms with E-state index < -0.39 is 5.97 Å². The molecule has 122 valence electrons. The van der Waals surface area contributed by atoms with E-state index in [-0.39, 0.29) is 11.6 Å². The first-order valence-corrected chi connectivity index (χ1v) is 7.24. The number of rotatable bonds is 7. The van der Waals surface area contributed by atoms with Crippen LogP contribution >= 0.6 is 0 Å². The Kier molecular flexibility index (Phi) is 5.54. The zero-order valence-corrected chi connectivity index (χ0v) is 13.5. The normalized spacial score (nSPS) is 12.0. The highest BCUT2D eigenvalue weighted by Crippen LogP contribution is 2.22. The van der Waals surface area contributed by atoms with E-state index in [2.05, 4.69) is 15.2 Å². The Morgan fingerprint density at radius 2 is 2.00 bits per heavy atom. The average molecular weight is 315 g/mol. The number of anilines is 1. The number of nitrogens with one attached hydrogen (secondary N) is 1. The third-order valence-electron chi connectivity index (χ3n) is 3.61. The number of likely N-dealkylation sites (N-methyl/N-ethyl adjacent to an activating group) is 1. The zero-order chi connectivity index (χ0) is 16.8. The number of carboxylic acid groups (broad SMARTS) is 1. The predicted octanol–water partition coefficient (Wildman–Crippen LogP) is 2.50. The van der Waals surface area contributed by atoms with Crippen LogP contribution in [-0.2, 0) is 0 Å². The van der Waals surface area contributed by atoms with Crippen molar-refractivity contribution in [2.24, 2.45) is 0 Å². The van der Waals surface area contributed by atoms with E-state index in [9.17, 15) is 4.79 Å². The van der Waals surface area contributed by atoms with Crippen molar-refractivity contribution in [2.45, 2.75) is 6.04 Å². The number of nitrogens with zero attached hydrogens (tertiary/aromatic N) is 2. The number of carboxylic acids is 1. The number of aromatic nitrogens is 1. The van der Waals surface area contributed by atoms with E-state index in [4.69, 9.17) is 9.84 Å². The average Bonchev–Trinajstić information content (AvgIpc) is 2.55. The molecule has 0 aliphatic carbocycles. The summed E-state index contributed by atoms with van der Waals surface area (Å²) in [5, 5.41) is 12.3. The van der Waals surface area contributed by atoms with Gasteiger partial charge >= 0.3 is 5.97 Å². The summed E-state index contributed by atoms with van der Waals surface area (Å²) in [5.41, 5.74) is 2.00. The molecule has 2 aromatic rings. The molecule has 23 heavy (non-hydrogen) atoms.